The van der Waals surface area contributed by atoms with Crippen LogP contribution in [0.4, 0.5) is 5.00 Å². The predicted octanol–water partition coefficient (Wildman–Crippen LogP) is 4.75. The molecule has 7 heteroatoms. The second-order valence-corrected chi connectivity index (χ2v) is 9.22. The van der Waals surface area contributed by atoms with E-state index >= 15 is 0 Å². The number of thiophene rings is 1. The first-order chi connectivity index (χ1) is 14.9. The van der Waals surface area contributed by atoms with Crippen LogP contribution in [0.3, 0.4) is 0 Å². The maximum absolute atomic E-state index is 13.3. The van der Waals surface area contributed by atoms with Crippen molar-refractivity contribution in [1.29, 1.82) is 0 Å². The van der Waals surface area contributed by atoms with Crippen molar-refractivity contribution in [3.05, 3.63) is 52.9 Å². The van der Waals surface area contributed by atoms with Crippen molar-refractivity contribution >= 4 is 34.2 Å². The van der Waals surface area contributed by atoms with Gasteiger partial charge in [0.2, 0.25) is 5.91 Å². The lowest BCUT2D eigenvalue weighted by Gasteiger charge is -2.41. The van der Waals surface area contributed by atoms with E-state index in [9.17, 15) is 19.5 Å². The van der Waals surface area contributed by atoms with E-state index in [-0.39, 0.29) is 24.3 Å². The fraction of sp³-hybridized carbons (Fsp3) is 0.375. The minimum absolute atomic E-state index is 0.105. The highest BCUT2D eigenvalue weighted by molar-refractivity contribution is 7.17. The number of aryl methyl sites for hydroxylation is 1. The van der Waals surface area contributed by atoms with Crippen molar-refractivity contribution in [3.63, 3.8) is 0 Å². The molecule has 5 rings (SSSR count). The second-order valence-electron chi connectivity index (χ2n) is 7.99. The molecule has 1 aromatic carbocycles. The molecule has 2 aromatic rings. The molecule has 0 radical (unpaired) electrons. The van der Waals surface area contributed by atoms with Crippen LogP contribution in [0, 0.1) is 30.6 Å². The van der Waals surface area contributed by atoms with Crippen molar-refractivity contribution in [2.24, 2.45) is 23.7 Å². The molecule has 0 unspecified atom stereocenters. The monoisotopic (exact) mass is 439 g/mol. The Kier molecular flexibility index (Phi) is 5.96. The Bertz CT molecular complexity index is 1040. The number of carbonyl (C=O) groups is 3. The van der Waals surface area contributed by atoms with Crippen LogP contribution in [-0.2, 0) is 14.3 Å². The Balaban J connectivity index is 1.71. The summed E-state index contributed by atoms with van der Waals surface area (Å²) < 4.78 is 5.29. The summed E-state index contributed by atoms with van der Waals surface area (Å²) in [5, 5.41) is 13.1. The lowest BCUT2D eigenvalue weighted by molar-refractivity contribution is -0.151. The van der Waals surface area contributed by atoms with Gasteiger partial charge in [0.1, 0.15) is 10.6 Å². The smallest absolute Gasteiger partial charge is 0.341 e. The molecule has 3 aliphatic carbocycles. The van der Waals surface area contributed by atoms with E-state index < -0.39 is 23.8 Å². The number of hydrogen-bond acceptors (Lipinski definition) is 5. The van der Waals surface area contributed by atoms with Gasteiger partial charge in [-0.2, -0.15) is 0 Å². The normalized spacial score (nSPS) is 24.1. The summed E-state index contributed by atoms with van der Waals surface area (Å²) in [6, 6.07) is 9.50. The number of esters is 1. The zero-order valence-electron chi connectivity index (χ0n) is 17.5. The van der Waals surface area contributed by atoms with Crippen LogP contribution >= 0.6 is 11.3 Å². The molecule has 0 saturated heterocycles. The number of amides is 1. The summed E-state index contributed by atoms with van der Waals surface area (Å²) in [5.74, 6) is -3.43. The summed E-state index contributed by atoms with van der Waals surface area (Å²) in [4.78, 5) is 39.0. The largest absolute Gasteiger partial charge is 0.481 e. The van der Waals surface area contributed by atoms with E-state index in [0.717, 1.165) is 28.8 Å². The van der Waals surface area contributed by atoms with Crippen molar-refractivity contribution < 1.29 is 24.2 Å². The van der Waals surface area contributed by atoms with Gasteiger partial charge in [0, 0.05) is 10.4 Å². The van der Waals surface area contributed by atoms with Crippen LogP contribution in [0.5, 0.6) is 0 Å². The fourth-order valence-electron chi connectivity index (χ4n) is 4.87. The molecule has 0 spiro atoms. The average molecular weight is 440 g/mol. The number of benzene rings is 1. The molecule has 1 fully saturated rings. The second kappa shape index (κ2) is 8.67. The molecular formula is C24H25NO5S. The van der Waals surface area contributed by atoms with Gasteiger partial charge in [-0.1, -0.05) is 42.5 Å². The Morgan fingerprint density at radius 1 is 1.10 bits per heavy atom. The van der Waals surface area contributed by atoms with Gasteiger partial charge in [0.15, 0.2) is 0 Å². The van der Waals surface area contributed by atoms with Crippen molar-refractivity contribution in [2.45, 2.75) is 26.7 Å². The van der Waals surface area contributed by atoms with E-state index in [4.69, 9.17) is 4.74 Å². The molecule has 1 saturated carbocycles. The number of carbonyl (C=O) groups excluding carboxylic acids is 2. The van der Waals surface area contributed by atoms with Gasteiger partial charge in [0.05, 0.1) is 18.4 Å². The molecule has 31 heavy (non-hydrogen) atoms. The summed E-state index contributed by atoms with van der Waals surface area (Å²) in [7, 11) is 0. The van der Waals surface area contributed by atoms with E-state index in [2.05, 4.69) is 5.32 Å². The minimum atomic E-state index is -0.947. The molecule has 3 aliphatic rings. The van der Waals surface area contributed by atoms with Crippen LogP contribution in [0.15, 0.2) is 42.5 Å². The third-order valence-electron chi connectivity index (χ3n) is 6.20. The Labute approximate surface area is 184 Å². The number of rotatable bonds is 6. The number of carboxylic acid groups (broad SMARTS) is 1. The predicted molar refractivity (Wildman–Crippen MR) is 119 cm³/mol. The highest BCUT2D eigenvalue weighted by Gasteiger charge is 2.48. The first-order valence-corrected chi connectivity index (χ1v) is 11.3. The lowest BCUT2D eigenvalue weighted by Crippen LogP contribution is -2.47. The molecule has 1 aromatic heterocycles. The van der Waals surface area contributed by atoms with Crippen molar-refractivity contribution in [1.82, 2.24) is 0 Å². The fourth-order valence-corrected chi connectivity index (χ4v) is 5.93. The van der Waals surface area contributed by atoms with Gasteiger partial charge < -0.3 is 15.2 Å². The first-order valence-electron chi connectivity index (χ1n) is 10.5. The van der Waals surface area contributed by atoms with Crippen LogP contribution in [0.25, 0.3) is 11.1 Å². The number of aliphatic carboxylic acids is 1. The quantitative estimate of drug-likeness (QED) is 0.500. The number of nitrogens with one attached hydrogen (secondary N) is 1. The van der Waals surface area contributed by atoms with E-state index in [0.29, 0.717) is 10.6 Å². The number of ether oxygens (including phenoxy) is 1. The molecule has 0 aliphatic heterocycles. The van der Waals surface area contributed by atoms with Crippen LogP contribution in [0.2, 0.25) is 0 Å². The standard InChI is InChI=1S/C24H25NO5S/c1-3-30-24(29)20-17(14-7-5-4-6-8-14)13(2)31-22(20)25-21(26)18-15-9-11-16(12-10-15)19(18)23(27)28/h4-9,11,15-16,18-19H,3,10,12H2,1-2H3,(H,25,26)(H,27,28)/t15-,16-,18-,19-/m0/s1. The van der Waals surface area contributed by atoms with Gasteiger partial charge in [-0.25, -0.2) is 4.79 Å². The molecular weight excluding hydrogens is 414 g/mol. The molecule has 6 nitrogen and oxygen atoms in total. The number of allylic oxidation sites excluding steroid dienone is 2. The van der Waals surface area contributed by atoms with Gasteiger partial charge >= 0.3 is 11.9 Å². The Hall–Kier alpha value is -2.93. The molecule has 2 bridgehead atoms. The first kappa shape index (κ1) is 21.3. The highest BCUT2D eigenvalue weighted by atomic mass is 32.1. The number of hydrogen-bond donors (Lipinski definition) is 2. The van der Waals surface area contributed by atoms with Gasteiger partial charge in [-0.05, 0) is 44.1 Å². The summed E-state index contributed by atoms with van der Waals surface area (Å²) in [5.41, 5.74) is 1.93. The Morgan fingerprint density at radius 2 is 1.74 bits per heavy atom. The van der Waals surface area contributed by atoms with Crippen molar-refractivity contribution in [2.75, 3.05) is 11.9 Å². The summed E-state index contributed by atoms with van der Waals surface area (Å²) >= 11 is 1.31. The molecule has 1 heterocycles. The van der Waals surface area contributed by atoms with E-state index in [1.54, 1.807) is 6.92 Å². The summed E-state index contributed by atoms with van der Waals surface area (Å²) in [6.45, 7) is 3.85. The number of anilines is 1. The minimum Gasteiger partial charge on any atom is -0.481 e. The third kappa shape index (κ3) is 3.90. The average Bonchev–Trinajstić information content (AvgIpc) is 3.10. The lowest BCUT2D eigenvalue weighted by atomic mass is 9.62. The molecule has 2 N–H and O–H groups in total. The number of fused-ring (bicyclic) bond motifs is 2. The van der Waals surface area contributed by atoms with Crippen LogP contribution < -0.4 is 5.32 Å². The highest BCUT2D eigenvalue weighted by Crippen LogP contribution is 2.46. The molecule has 1 amide bonds. The molecule has 4 atom stereocenters. The number of carboxylic acids is 1. The third-order valence-corrected chi connectivity index (χ3v) is 7.22. The SMILES string of the molecule is CCOC(=O)c1c(NC(=O)[C@@H]2[C@@H](C(=O)O)[C@H]3C=C[C@H]2CC3)sc(C)c1-c1ccccc1. The topological polar surface area (TPSA) is 92.7 Å². The molecule has 162 valence electrons. The van der Waals surface area contributed by atoms with Gasteiger partial charge in [0.25, 0.3) is 0 Å². The zero-order valence-corrected chi connectivity index (χ0v) is 18.3. The van der Waals surface area contributed by atoms with Crippen LogP contribution in [-0.4, -0.2) is 29.6 Å². The zero-order chi connectivity index (χ0) is 22.1. The Morgan fingerprint density at radius 3 is 2.32 bits per heavy atom. The maximum Gasteiger partial charge on any atom is 0.341 e. The van der Waals surface area contributed by atoms with E-state index in [1.165, 1.54) is 11.3 Å². The van der Waals surface area contributed by atoms with Crippen molar-refractivity contribution in [3.8, 4) is 11.1 Å². The van der Waals surface area contributed by atoms with E-state index in [1.807, 2.05) is 49.4 Å². The summed E-state index contributed by atoms with van der Waals surface area (Å²) in [6.07, 6.45) is 5.49. The van der Waals surface area contributed by atoms with Gasteiger partial charge in [-0.3, -0.25) is 9.59 Å². The maximum atomic E-state index is 13.3. The van der Waals surface area contributed by atoms with Crippen LogP contribution in [0.1, 0.15) is 35.0 Å². The van der Waals surface area contributed by atoms with Gasteiger partial charge in [-0.15, -0.1) is 11.3 Å².